The van der Waals surface area contributed by atoms with Crippen molar-refractivity contribution in [3.8, 4) is 5.75 Å². The highest BCUT2D eigenvalue weighted by Gasteiger charge is 2.22. The molecule has 0 aliphatic rings. The van der Waals surface area contributed by atoms with Gasteiger partial charge in [0.1, 0.15) is 24.9 Å². The minimum absolute atomic E-state index is 0.178. The van der Waals surface area contributed by atoms with Gasteiger partial charge in [-0.1, -0.05) is 23.9 Å². The summed E-state index contributed by atoms with van der Waals surface area (Å²) < 4.78 is 0.844. The van der Waals surface area contributed by atoms with Crippen LogP contribution < -0.4 is 5.11 Å². The first-order valence-corrected chi connectivity index (χ1v) is 8.07. The first-order valence-electron chi connectivity index (χ1n) is 8.07. The van der Waals surface area contributed by atoms with Crippen molar-refractivity contribution >= 4 is 5.97 Å². The molecule has 0 fully saturated rings. The number of nitrogens with zero attached hydrogens (tertiary/aromatic N) is 1. The second-order valence-corrected chi connectivity index (χ2v) is 6.53. The Labute approximate surface area is 158 Å². The van der Waals surface area contributed by atoms with Crippen LogP contribution in [-0.2, 0) is 0 Å². The zero-order valence-corrected chi connectivity index (χ0v) is 15.8. The summed E-state index contributed by atoms with van der Waals surface area (Å²) in [6.45, 7) is -0.167. The number of para-hydroxylation sites is 1. The van der Waals surface area contributed by atoms with Gasteiger partial charge in [0.05, 0.1) is 46.5 Å². The third kappa shape index (κ3) is 14.0. The molecule has 3 atom stereocenters. The highest BCUT2D eigenvalue weighted by atomic mass is 16.4. The smallest absolute Gasteiger partial charge is 0.335 e. The van der Waals surface area contributed by atoms with Crippen LogP contribution in [0.3, 0.4) is 0 Å². The number of quaternary nitrogens is 1. The largest absolute Gasteiger partial charge is 0.872 e. The SMILES string of the molecule is C[N+](C)(C)CCO.O=C(O)c1ccccc1[O-].OC[C@@H](O)C(O)[C@@H](O)CO. The molecule has 158 valence electrons. The van der Waals surface area contributed by atoms with Crippen LogP contribution >= 0.6 is 0 Å². The Balaban J connectivity index is 0. The average molecular weight is 393 g/mol. The number of benzene rings is 1. The number of rotatable bonds is 7. The molecule has 10 nitrogen and oxygen atoms in total. The molecule has 1 unspecified atom stereocenters. The average Bonchev–Trinajstić information content (AvgIpc) is 2.59. The van der Waals surface area contributed by atoms with Crippen LogP contribution in [0.25, 0.3) is 0 Å². The van der Waals surface area contributed by atoms with E-state index in [0.717, 1.165) is 11.0 Å². The maximum absolute atomic E-state index is 10.7. The number of likely N-dealkylation sites (N-methyl/N-ethyl adjacent to an activating group) is 1. The zero-order valence-electron chi connectivity index (χ0n) is 15.8. The zero-order chi connectivity index (χ0) is 21.6. The fourth-order valence-electron chi connectivity index (χ4n) is 1.42. The fourth-order valence-corrected chi connectivity index (χ4v) is 1.42. The van der Waals surface area contributed by atoms with E-state index in [1.807, 2.05) is 0 Å². The Morgan fingerprint density at radius 2 is 1.44 bits per heavy atom. The van der Waals surface area contributed by atoms with Crippen molar-refractivity contribution in [3.63, 3.8) is 0 Å². The Bertz CT molecular complexity index is 509. The van der Waals surface area contributed by atoms with Gasteiger partial charge in [0.2, 0.25) is 0 Å². The number of hydrogen-bond donors (Lipinski definition) is 7. The van der Waals surface area contributed by atoms with E-state index in [1.54, 1.807) is 0 Å². The maximum atomic E-state index is 10.7. The summed E-state index contributed by atoms with van der Waals surface area (Å²) in [5, 5.41) is 70.0. The number of hydrogen-bond acceptors (Lipinski definition) is 8. The fraction of sp³-hybridized carbons (Fsp3) is 0.588. The van der Waals surface area contributed by atoms with Gasteiger partial charge in [-0.3, -0.25) is 0 Å². The van der Waals surface area contributed by atoms with E-state index in [0.29, 0.717) is 0 Å². The standard InChI is InChI=1S/C7H6O3.C5H14NO.C5H12O5/c8-6-4-2-1-3-5(6)7(9)10;1-6(2,3)4-5-7;6-1-3(8)5(10)4(9)2-7/h1-4,8H,(H,9,10);7H,4-5H2,1-3H3;3-10H,1-2H2/q;+1;/p-1/t;;3-,4+,5?. The first-order chi connectivity index (χ1) is 12.4. The van der Waals surface area contributed by atoms with Gasteiger partial charge in [-0.15, -0.1) is 0 Å². The number of aliphatic hydroxyl groups is 6. The molecule has 0 aliphatic heterocycles. The van der Waals surface area contributed by atoms with Gasteiger partial charge in [-0.2, -0.15) is 0 Å². The van der Waals surface area contributed by atoms with E-state index in [1.165, 1.54) is 24.3 Å². The van der Waals surface area contributed by atoms with Crippen molar-refractivity contribution in [2.45, 2.75) is 18.3 Å². The van der Waals surface area contributed by atoms with Crippen molar-refractivity contribution < 1.29 is 50.1 Å². The summed E-state index contributed by atoms with van der Waals surface area (Å²) in [6, 6.07) is 5.54. The molecule has 0 saturated carbocycles. The molecular weight excluding hydrogens is 362 g/mol. The van der Waals surface area contributed by atoms with Crippen LogP contribution in [-0.4, -0.2) is 112 Å². The van der Waals surface area contributed by atoms with Crippen molar-refractivity contribution in [2.75, 3.05) is 47.5 Å². The molecule has 1 aromatic carbocycles. The van der Waals surface area contributed by atoms with Crippen LogP contribution in [0.15, 0.2) is 24.3 Å². The highest BCUT2D eigenvalue weighted by molar-refractivity contribution is 5.90. The minimum Gasteiger partial charge on any atom is -0.872 e. The number of aromatic carboxylic acids is 1. The van der Waals surface area contributed by atoms with Gasteiger partial charge in [-0.25, -0.2) is 4.79 Å². The van der Waals surface area contributed by atoms with Gasteiger partial charge in [0.15, 0.2) is 0 Å². The third-order valence-corrected chi connectivity index (χ3v) is 3.05. The predicted molar refractivity (Wildman–Crippen MR) is 95.0 cm³/mol. The van der Waals surface area contributed by atoms with Gasteiger partial charge < -0.3 is 45.3 Å². The van der Waals surface area contributed by atoms with Crippen molar-refractivity contribution in [3.05, 3.63) is 29.8 Å². The van der Waals surface area contributed by atoms with Crippen molar-refractivity contribution in [2.24, 2.45) is 0 Å². The Hall–Kier alpha value is -1.79. The molecule has 7 N–H and O–H groups in total. The molecule has 0 aliphatic carbocycles. The summed E-state index contributed by atoms with van der Waals surface area (Å²) >= 11 is 0. The molecule has 0 bridgehead atoms. The van der Waals surface area contributed by atoms with Crippen LogP contribution in [0, 0.1) is 0 Å². The highest BCUT2D eigenvalue weighted by Crippen LogP contribution is 2.10. The number of carbonyl (C=O) groups is 1. The Morgan fingerprint density at radius 3 is 1.67 bits per heavy atom. The second-order valence-electron chi connectivity index (χ2n) is 6.53. The van der Waals surface area contributed by atoms with Gasteiger partial charge in [0, 0.05) is 0 Å². The molecular formula is C17H31NO9. The van der Waals surface area contributed by atoms with E-state index >= 15 is 0 Å². The van der Waals surface area contributed by atoms with Gasteiger partial charge in [0.25, 0.3) is 0 Å². The van der Waals surface area contributed by atoms with Gasteiger partial charge >= 0.3 is 5.97 Å². The van der Waals surface area contributed by atoms with Gasteiger partial charge in [-0.05, 0) is 6.07 Å². The number of carboxylic acids is 1. The molecule has 0 amide bonds. The molecule has 10 heteroatoms. The first kappa shape index (κ1) is 27.4. The maximum Gasteiger partial charge on any atom is 0.335 e. The van der Waals surface area contributed by atoms with Crippen LogP contribution in [0.4, 0.5) is 0 Å². The normalized spacial score (nSPS) is 14.0. The molecule has 1 aromatic rings. The van der Waals surface area contributed by atoms with E-state index in [9.17, 15) is 9.90 Å². The molecule has 0 heterocycles. The third-order valence-electron chi connectivity index (χ3n) is 3.05. The Kier molecular flexibility index (Phi) is 14.5. The second kappa shape index (κ2) is 14.3. The molecule has 0 spiro atoms. The topological polar surface area (TPSA) is 182 Å². The lowest BCUT2D eigenvalue weighted by atomic mass is 10.1. The van der Waals surface area contributed by atoms with Crippen LogP contribution in [0.5, 0.6) is 5.75 Å². The summed E-state index contributed by atoms with van der Waals surface area (Å²) in [5.74, 6) is -1.62. The van der Waals surface area contributed by atoms with E-state index in [2.05, 4.69) is 21.1 Å². The van der Waals surface area contributed by atoms with E-state index in [4.69, 9.17) is 35.7 Å². The summed E-state index contributed by atoms with van der Waals surface area (Å²) in [6.07, 6.45) is -4.29. The molecule has 0 aromatic heterocycles. The summed E-state index contributed by atoms with van der Waals surface area (Å²) in [7, 11) is 6.16. The molecule has 27 heavy (non-hydrogen) atoms. The van der Waals surface area contributed by atoms with E-state index in [-0.39, 0.29) is 12.2 Å². The van der Waals surface area contributed by atoms with E-state index < -0.39 is 43.2 Å². The monoisotopic (exact) mass is 393 g/mol. The predicted octanol–water partition coefficient (Wildman–Crippen LogP) is -2.80. The van der Waals surface area contributed by atoms with Crippen molar-refractivity contribution in [1.29, 1.82) is 0 Å². The lowest BCUT2D eigenvalue weighted by Gasteiger charge is -2.21. The molecule has 0 radical (unpaired) electrons. The lowest BCUT2D eigenvalue weighted by Crippen LogP contribution is -2.41. The van der Waals surface area contributed by atoms with Crippen LogP contribution in [0.2, 0.25) is 0 Å². The molecule has 1 rings (SSSR count). The summed E-state index contributed by atoms with van der Waals surface area (Å²) in [5.41, 5.74) is -0.178. The number of aliphatic hydroxyl groups excluding tert-OH is 6. The lowest BCUT2D eigenvalue weighted by molar-refractivity contribution is -0.870. The minimum atomic E-state index is -1.49. The Morgan fingerprint density at radius 1 is 1.00 bits per heavy atom. The quantitative estimate of drug-likeness (QED) is 0.241. The van der Waals surface area contributed by atoms with Crippen molar-refractivity contribution in [1.82, 2.24) is 0 Å². The van der Waals surface area contributed by atoms with Crippen LogP contribution in [0.1, 0.15) is 10.4 Å². The molecule has 0 saturated heterocycles. The number of carboxylic acid groups (broad SMARTS) is 1. The summed E-state index contributed by atoms with van der Waals surface area (Å²) in [4.78, 5) is 10.2.